The number of anilines is 1. The zero-order valence-corrected chi connectivity index (χ0v) is 11.5. The van der Waals surface area contributed by atoms with Crippen LogP contribution in [-0.2, 0) is 10.9 Å². The highest BCUT2D eigenvalue weighted by molar-refractivity contribution is 5.89. The van der Waals surface area contributed by atoms with E-state index in [1.807, 2.05) is 0 Å². The van der Waals surface area contributed by atoms with Crippen molar-refractivity contribution in [1.82, 2.24) is 9.97 Å². The van der Waals surface area contributed by atoms with Crippen LogP contribution < -0.4 is 5.32 Å². The molecule has 1 unspecified atom stereocenters. The van der Waals surface area contributed by atoms with Crippen LogP contribution in [0, 0.1) is 5.82 Å². The number of hydrogen-bond acceptors (Lipinski definition) is 4. The van der Waals surface area contributed by atoms with E-state index in [1.54, 1.807) is 0 Å². The molecule has 22 heavy (non-hydrogen) atoms. The number of nitrogens with one attached hydrogen (secondary N) is 1. The van der Waals surface area contributed by atoms with E-state index in [0.29, 0.717) is 13.2 Å². The maximum Gasteiger partial charge on any atom is 0.451 e. The molecule has 8 heteroatoms. The SMILES string of the molecule is Fc1cccc2c(NCC3CCCO3)nc(C(F)(F)F)nc12. The number of hydrogen-bond donors (Lipinski definition) is 1. The lowest BCUT2D eigenvalue weighted by atomic mass is 10.2. The van der Waals surface area contributed by atoms with Crippen molar-refractivity contribution in [2.24, 2.45) is 0 Å². The molecule has 1 aliphatic rings. The number of alkyl halides is 3. The number of para-hydroxylation sites is 1. The van der Waals surface area contributed by atoms with Crippen LogP contribution in [0.4, 0.5) is 23.4 Å². The van der Waals surface area contributed by atoms with Crippen LogP contribution in [0.25, 0.3) is 10.9 Å². The molecule has 3 rings (SSSR count). The average molecular weight is 315 g/mol. The van der Waals surface area contributed by atoms with Crippen molar-refractivity contribution in [3.63, 3.8) is 0 Å². The average Bonchev–Trinajstić information content (AvgIpc) is 2.97. The van der Waals surface area contributed by atoms with Gasteiger partial charge in [-0.1, -0.05) is 6.07 Å². The maximum absolute atomic E-state index is 13.8. The van der Waals surface area contributed by atoms with E-state index in [-0.39, 0.29) is 22.8 Å². The molecule has 0 amide bonds. The van der Waals surface area contributed by atoms with E-state index in [9.17, 15) is 17.6 Å². The zero-order chi connectivity index (χ0) is 15.7. The Labute approximate surface area is 123 Å². The lowest BCUT2D eigenvalue weighted by Crippen LogP contribution is -2.21. The smallest absolute Gasteiger partial charge is 0.376 e. The first-order valence-electron chi connectivity index (χ1n) is 6.84. The molecule has 2 heterocycles. The van der Waals surface area contributed by atoms with Crippen molar-refractivity contribution in [3.8, 4) is 0 Å². The number of ether oxygens (including phenoxy) is 1. The van der Waals surface area contributed by atoms with Crippen LogP contribution in [0.1, 0.15) is 18.7 Å². The molecular formula is C14H13F4N3O. The topological polar surface area (TPSA) is 47.0 Å². The summed E-state index contributed by atoms with van der Waals surface area (Å²) in [4.78, 5) is 6.81. The summed E-state index contributed by atoms with van der Waals surface area (Å²) in [5, 5.41) is 3.04. The summed E-state index contributed by atoms with van der Waals surface area (Å²) in [6.45, 7) is 0.958. The molecule has 1 fully saturated rings. The lowest BCUT2D eigenvalue weighted by Gasteiger charge is -2.15. The van der Waals surface area contributed by atoms with Crippen LogP contribution in [0.15, 0.2) is 18.2 Å². The molecule has 0 spiro atoms. The van der Waals surface area contributed by atoms with Gasteiger partial charge in [-0.15, -0.1) is 0 Å². The summed E-state index contributed by atoms with van der Waals surface area (Å²) in [6.07, 6.45) is -3.07. The Bertz CT molecular complexity index is 684. The molecule has 1 N–H and O–H groups in total. The Balaban J connectivity index is 2.00. The predicted octanol–water partition coefficient (Wildman–Crippen LogP) is 3.38. The van der Waals surface area contributed by atoms with Crippen LogP contribution >= 0.6 is 0 Å². The van der Waals surface area contributed by atoms with E-state index < -0.39 is 17.8 Å². The van der Waals surface area contributed by atoms with Gasteiger partial charge in [0, 0.05) is 18.5 Å². The number of benzene rings is 1. The van der Waals surface area contributed by atoms with Gasteiger partial charge in [0.2, 0.25) is 5.82 Å². The minimum atomic E-state index is -4.74. The molecule has 0 saturated carbocycles. The van der Waals surface area contributed by atoms with Gasteiger partial charge in [-0.2, -0.15) is 13.2 Å². The van der Waals surface area contributed by atoms with Gasteiger partial charge in [0.15, 0.2) is 0 Å². The first-order chi connectivity index (χ1) is 10.4. The van der Waals surface area contributed by atoms with Gasteiger partial charge in [0.25, 0.3) is 0 Å². The molecule has 1 aromatic carbocycles. The summed E-state index contributed by atoms with van der Waals surface area (Å²) in [6, 6.07) is 3.96. The Kier molecular flexibility index (Phi) is 3.86. The molecule has 2 aromatic rings. The van der Waals surface area contributed by atoms with Crippen LogP contribution in [-0.4, -0.2) is 29.2 Å². The zero-order valence-electron chi connectivity index (χ0n) is 11.5. The molecule has 1 aliphatic heterocycles. The van der Waals surface area contributed by atoms with Crippen LogP contribution in [0.2, 0.25) is 0 Å². The molecule has 1 aromatic heterocycles. The Morgan fingerprint density at radius 1 is 1.27 bits per heavy atom. The van der Waals surface area contributed by atoms with E-state index >= 15 is 0 Å². The second-order valence-corrected chi connectivity index (χ2v) is 5.05. The first kappa shape index (κ1) is 15.0. The van der Waals surface area contributed by atoms with Gasteiger partial charge in [0.05, 0.1) is 6.10 Å². The Hall–Kier alpha value is -1.96. The molecule has 1 atom stereocenters. The second kappa shape index (κ2) is 5.68. The third-order valence-electron chi connectivity index (χ3n) is 3.45. The van der Waals surface area contributed by atoms with Gasteiger partial charge >= 0.3 is 6.18 Å². The summed E-state index contributed by atoms with van der Waals surface area (Å²) in [7, 11) is 0. The fourth-order valence-electron chi connectivity index (χ4n) is 2.39. The van der Waals surface area contributed by atoms with Crippen molar-refractivity contribution >= 4 is 16.7 Å². The van der Waals surface area contributed by atoms with E-state index in [2.05, 4.69) is 15.3 Å². The third-order valence-corrected chi connectivity index (χ3v) is 3.45. The lowest BCUT2D eigenvalue weighted by molar-refractivity contribution is -0.144. The maximum atomic E-state index is 13.8. The largest absolute Gasteiger partial charge is 0.451 e. The second-order valence-electron chi connectivity index (χ2n) is 5.05. The van der Waals surface area contributed by atoms with E-state index in [0.717, 1.165) is 18.9 Å². The van der Waals surface area contributed by atoms with E-state index in [1.165, 1.54) is 12.1 Å². The normalized spacial score (nSPS) is 18.8. The predicted molar refractivity (Wildman–Crippen MR) is 72.0 cm³/mol. The number of rotatable bonds is 3. The summed E-state index contributed by atoms with van der Waals surface area (Å²) >= 11 is 0. The summed E-state index contributed by atoms with van der Waals surface area (Å²) in [5.74, 6) is -2.21. The quantitative estimate of drug-likeness (QED) is 0.882. The molecular weight excluding hydrogens is 302 g/mol. The minimum absolute atomic E-state index is 0.0349. The minimum Gasteiger partial charge on any atom is -0.376 e. The number of halogens is 4. The Morgan fingerprint density at radius 3 is 2.77 bits per heavy atom. The molecule has 4 nitrogen and oxygen atoms in total. The van der Waals surface area contributed by atoms with Crippen LogP contribution in [0.5, 0.6) is 0 Å². The van der Waals surface area contributed by atoms with Gasteiger partial charge in [0.1, 0.15) is 17.2 Å². The van der Waals surface area contributed by atoms with Gasteiger partial charge < -0.3 is 10.1 Å². The van der Waals surface area contributed by atoms with Crippen LogP contribution in [0.3, 0.4) is 0 Å². The van der Waals surface area contributed by atoms with Crippen molar-refractivity contribution < 1.29 is 22.3 Å². The molecule has 1 saturated heterocycles. The third kappa shape index (κ3) is 2.96. The van der Waals surface area contributed by atoms with Crippen molar-refractivity contribution in [2.45, 2.75) is 25.1 Å². The van der Waals surface area contributed by atoms with Crippen molar-refractivity contribution in [1.29, 1.82) is 0 Å². The van der Waals surface area contributed by atoms with Crippen molar-refractivity contribution in [3.05, 3.63) is 29.8 Å². The first-order valence-corrected chi connectivity index (χ1v) is 6.84. The molecule has 118 valence electrons. The highest BCUT2D eigenvalue weighted by Crippen LogP contribution is 2.31. The fourth-order valence-corrected chi connectivity index (χ4v) is 2.39. The molecule has 0 bridgehead atoms. The Morgan fingerprint density at radius 2 is 2.09 bits per heavy atom. The highest BCUT2D eigenvalue weighted by Gasteiger charge is 2.36. The van der Waals surface area contributed by atoms with Crippen molar-refractivity contribution in [2.75, 3.05) is 18.5 Å². The fraction of sp³-hybridized carbons (Fsp3) is 0.429. The van der Waals surface area contributed by atoms with Gasteiger partial charge in [-0.25, -0.2) is 14.4 Å². The van der Waals surface area contributed by atoms with Gasteiger partial charge in [-0.3, -0.25) is 0 Å². The summed E-state index contributed by atoms with van der Waals surface area (Å²) < 4.78 is 57.8. The monoisotopic (exact) mass is 315 g/mol. The molecule has 0 aliphatic carbocycles. The summed E-state index contributed by atoms with van der Waals surface area (Å²) in [5.41, 5.74) is -0.348. The van der Waals surface area contributed by atoms with Gasteiger partial charge in [-0.05, 0) is 25.0 Å². The number of nitrogens with zero attached hydrogens (tertiary/aromatic N) is 2. The number of aromatic nitrogens is 2. The molecule has 0 radical (unpaired) electrons. The number of fused-ring (bicyclic) bond motifs is 1. The highest BCUT2D eigenvalue weighted by atomic mass is 19.4. The van der Waals surface area contributed by atoms with E-state index in [4.69, 9.17) is 4.74 Å². The standard InChI is InChI=1S/C14H13F4N3O/c15-10-5-1-4-9-11(10)20-13(14(16,17)18)21-12(9)19-7-8-3-2-6-22-8/h1,4-5,8H,2-3,6-7H2,(H,19,20,21).